The van der Waals surface area contributed by atoms with Crippen LogP contribution in [0.15, 0.2) is 42.5 Å². The lowest BCUT2D eigenvalue weighted by Crippen LogP contribution is -2.06. The van der Waals surface area contributed by atoms with Gasteiger partial charge < -0.3 is 14.2 Å². The molecule has 0 saturated heterocycles. The molecule has 3 heteroatoms. The molecule has 2 atom stereocenters. The van der Waals surface area contributed by atoms with Gasteiger partial charge in [0, 0.05) is 17.5 Å². The Morgan fingerprint density at radius 3 is 2.25 bits per heavy atom. The monoisotopic (exact) mass is 270 g/mol. The average molecular weight is 270 g/mol. The summed E-state index contributed by atoms with van der Waals surface area (Å²) in [7, 11) is 3.29. The van der Waals surface area contributed by atoms with Crippen molar-refractivity contribution < 1.29 is 14.2 Å². The SMILES string of the molecule is COc1cc2c(cc1OC)C(C)C(c1ccccc1)O2. The van der Waals surface area contributed by atoms with Crippen molar-refractivity contribution in [1.29, 1.82) is 0 Å². The van der Waals surface area contributed by atoms with E-state index >= 15 is 0 Å². The third kappa shape index (κ3) is 1.99. The molecule has 0 radical (unpaired) electrons. The first-order chi connectivity index (χ1) is 9.74. The molecular formula is C17H18O3. The molecule has 0 fully saturated rings. The van der Waals surface area contributed by atoms with Gasteiger partial charge in [-0.2, -0.15) is 0 Å². The molecule has 2 aromatic carbocycles. The van der Waals surface area contributed by atoms with Gasteiger partial charge in [-0.1, -0.05) is 37.3 Å². The lowest BCUT2D eigenvalue weighted by atomic mass is 9.93. The Kier molecular flexibility index (Phi) is 3.26. The molecule has 3 nitrogen and oxygen atoms in total. The fraction of sp³-hybridized carbons (Fsp3) is 0.294. The summed E-state index contributed by atoms with van der Waals surface area (Å²) in [6.07, 6.45) is 0.0445. The largest absolute Gasteiger partial charge is 0.493 e. The van der Waals surface area contributed by atoms with E-state index < -0.39 is 0 Å². The molecule has 1 aliphatic rings. The highest BCUT2D eigenvalue weighted by Gasteiger charge is 2.33. The van der Waals surface area contributed by atoms with E-state index in [-0.39, 0.29) is 12.0 Å². The standard InChI is InChI=1S/C17H18O3/c1-11-13-9-15(18-2)16(19-3)10-14(13)20-17(11)12-7-5-4-6-8-12/h4-11,17H,1-3H3. The molecule has 1 aliphatic heterocycles. The minimum Gasteiger partial charge on any atom is -0.493 e. The second-order valence-electron chi connectivity index (χ2n) is 4.98. The van der Waals surface area contributed by atoms with Gasteiger partial charge in [-0.05, 0) is 11.6 Å². The molecule has 2 unspecified atom stereocenters. The number of fused-ring (bicyclic) bond motifs is 1. The minimum absolute atomic E-state index is 0.0445. The Labute approximate surface area is 119 Å². The topological polar surface area (TPSA) is 27.7 Å². The second-order valence-corrected chi connectivity index (χ2v) is 4.98. The number of benzene rings is 2. The van der Waals surface area contributed by atoms with Crippen molar-refractivity contribution in [2.24, 2.45) is 0 Å². The number of methoxy groups -OCH3 is 2. The minimum atomic E-state index is 0.0445. The zero-order valence-electron chi connectivity index (χ0n) is 11.9. The average Bonchev–Trinajstić information content (AvgIpc) is 2.83. The van der Waals surface area contributed by atoms with Gasteiger partial charge in [-0.15, -0.1) is 0 Å². The quantitative estimate of drug-likeness (QED) is 0.845. The number of hydrogen-bond acceptors (Lipinski definition) is 3. The molecule has 2 aromatic rings. The molecule has 104 valence electrons. The van der Waals surface area contributed by atoms with Crippen LogP contribution in [0, 0.1) is 0 Å². The molecule has 0 amide bonds. The molecular weight excluding hydrogens is 252 g/mol. The van der Waals surface area contributed by atoms with E-state index in [1.54, 1.807) is 14.2 Å². The lowest BCUT2D eigenvalue weighted by molar-refractivity contribution is 0.215. The molecule has 0 N–H and O–H groups in total. The first-order valence-electron chi connectivity index (χ1n) is 6.72. The van der Waals surface area contributed by atoms with Crippen LogP contribution in [0.25, 0.3) is 0 Å². The second kappa shape index (κ2) is 5.08. The van der Waals surface area contributed by atoms with Gasteiger partial charge in [0.15, 0.2) is 11.5 Å². The summed E-state index contributed by atoms with van der Waals surface area (Å²) in [5.41, 5.74) is 2.35. The van der Waals surface area contributed by atoms with E-state index in [0.717, 1.165) is 17.1 Å². The Morgan fingerprint density at radius 2 is 1.60 bits per heavy atom. The molecule has 0 aromatic heterocycles. The van der Waals surface area contributed by atoms with Crippen LogP contribution in [0.2, 0.25) is 0 Å². The number of rotatable bonds is 3. The fourth-order valence-electron chi connectivity index (χ4n) is 2.74. The predicted octanol–water partition coefficient (Wildman–Crippen LogP) is 3.94. The van der Waals surface area contributed by atoms with Crippen molar-refractivity contribution in [2.45, 2.75) is 18.9 Å². The Hall–Kier alpha value is -2.16. The summed E-state index contributed by atoms with van der Waals surface area (Å²) in [5.74, 6) is 2.61. The van der Waals surface area contributed by atoms with Crippen molar-refractivity contribution in [3.05, 3.63) is 53.6 Å². The van der Waals surface area contributed by atoms with Gasteiger partial charge in [-0.25, -0.2) is 0 Å². The van der Waals surface area contributed by atoms with Crippen molar-refractivity contribution in [1.82, 2.24) is 0 Å². The van der Waals surface area contributed by atoms with Gasteiger partial charge in [0.2, 0.25) is 0 Å². The van der Waals surface area contributed by atoms with E-state index in [1.165, 1.54) is 5.56 Å². The Bertz CT molecular complexity index is 607. The number of hydrogen-bond donors (Lipinski definition) is 0. The zero-order valence-corrected chi connectivity index (χ0v) is 11.9. The van der Waals surface area contributed by atoms with Gasteiger partial charge in [0.05, 0.1) is 14.2 Å². The summed E-state index contributed by atoms with van der Waals surface area (Å²) in [6, 6.07) is 14.2. The normalized spacial score (nSPS) is 20.1. The van der Waals surface area contributed by atoms with Crippen LogP contribution >= 0.6 is 0 Å². The van der Waals surface area contributed by atoms with E-state index in [9.17, 15) is 0 Å². The first kappa shape index (κ1) is 12.9. The summed E-state index contributed by atoms with van der Waals surface area (Å²) < 4.78 is 16.8. The highest BCUT2D eigenvalue weighted by atomic mass is 16.5. The van der Waals surface area contributed by atoms with Crippen molar-refractivity contribution in [2.75, 3.05) is 14.2 Å². The zero-order chi connectivity index (χ0) is 14.1. The van der Waals surface area contributed by atoms with Crippen molar-refractivity contribution in [3.8, 4) is 17.2 Å². The summed E-state index contributed by atoms with van der Waals surface area (Å²) in [6.45, 7) is 2.18. The Balaban J connectivity index is 2.00. The predicted molar refractivity (Wildman–Crippen MR) is 77.8 cm³/mol. The molecule has 1 heterocycles. The molecule has 0 spiro atoms. The fourth-order valence-corrected chi connectivity index (χ4v) is 2.74. The number of ether oxygens (including phenoxy) is 3. The van der Waals surface area contributed by atoms with Crippen LogP contribution in [0.4, 0.5) is 0 Å². The third-order valence-corrected chi connectivity index (χ3v) is 3.84. The first-order valence-corrected chi connectivity index (χ1v) is 6.72. The van der Waals surface area contributed by atoms with Gasteiger partial charge in [-0.3, -0.25) is 0 Å². The van der Waals surface area contributed by atoms with E-state index in [4.69, 9.17) is 14.2 Å². The van der Waals surface area contributed by atoms with Gasteiger partial charge in [0.1, 0.15) is 11.9 Å². The van der Waals surface area contributed by atoms with Gasteiger partial charge in [0.25, 0.3) is 0 Å². The maximum Gasteiger partial charge on any atom is 0.164 e. The van der Waals surface area contributed by atoms with Gasteiger partial charge >= 0.3 is 0 Å². The van der Waals surface area contributed by atoms with Crippen LogP contribution in [-0.2, 0) is 0 Å². The van der Waals surface area contributed by atoms with Crippen molar-refractivity contribution >= 4 is 0 Å². The van der Waals surface area contributed by atoms with E-state index in [2.05, 4.69) is 19.1 Å². The molecule has 0 aliphatic carbocycles. The smallest absolute Gasteiger partial charge is 0.164 e. The summed E-state index contributed by atoms with van der Waals surface area (Å²) >= 11 is 0. The van der Waals surface area contributed by atoms with E-state index in [1.807, 2.05) is 30.3 Å². The van der Waals surface area contributed by atoms with E-state index in [0.29, 0.717) is 5.75 Å². The van der Waals surface area contributed by atoms with Crippen LogP contribution in [0.3, 0.4) is 0 Å². The summed E-state index contributed by atoms with van der Waals surface area (Å²) in [4.78, 5) is 0. The Morgan fingerprint density at radius 1 is 0.950 bits per heavy atom. The summed E-state index contributed by atoms with van der Waals surface area (Å²) in [5, 5.41) is 0. The van der Waals surface area contributed by atoms with Crippen LogP contribution in [0.5, 0.6) is 17.2 Å². The lowest BCUT2D eigenvalue weighted by Gasteiger charge is -2.15. The van der Waals surface area contributed by atoms with Crippen molar-refractivity contribution in [3.63, 3.8) is 0 Å². The molecule has 0 saturated carbocycles. The molecule has 20 heavy (non-hydrogen) atoms. The van der Waals surface area contributed by atoms with Crippen LogP contribution in [0.1, 0.15) is 30.1 Å². The van der Waals surface area contributed by atoms with Crippen LogP contribution in [-0.4, -0.2) is 14.2 Å². The maximum absolute atomic E-state index is 6.11. The molecule has 0 bridgehead atoms. The molecule has 3 rings (SSSR count). The van der Waals surface area contributed by atoms with Crippen LogP contribution < -0.4 is 14.2 Å². The highest BCUT2D eigenvalue weighted by Crippen LogP contribution is 2.49. The maximum atomic E-state index is 6.11. The highest BCUT2D eigenvalue weighted by molar-refractivity contribution is 5.54. The third-order valence-electron chi connectivity index (χ3n) is 3.84.